The maximum Gasteiger partial charge on any atom is 0.0542 e. The highest BCUT2D eigenvalue weighted by molar-refractivity contribution is 6.11. The monoisotopic (exact) mass is 818 g/mol. The predicted octanol–water partition coefficient (Wildman–Crippen LogP) is 16.4. The molecule has 0 fully saturated rings. The molecule has 2 aromatic heterocycles. The van der Waals surface area contributed by atoms with Crippen LogP contribution in [-0.4, -0.2) is 9.13 Å². The molecular formula is C60H42N4. The largest absolute Gasteiger partial charge is 0.355 e. The van der Waals surface area contributed by atoms with Crippen molar-refractivity contribution in [2.45, 2.75) is 0 Å². The molecule has 0 radical (unpaired) electrons. The van der Waals surface area contributed by atoms with Crippen molar-refractivity contribution in [1.29, 1.82) is 0 Å². The Labute approximate surface area is 372 Å². The SMILES string of the molecule is c1ccc(N(c2ccc(-c3ccc(-c4ccccc4Nc4ccc5c(c4)c4ccccc4n5-c4ccccc4)cc3)cc2)c2ccc3c(c2)c2ccccc2n3-c2ccccc2)cc1. The van der Waals surface area contributed by atoms with Gasteiger partial charge in [0.15, 0.2) is 0 Å². The Morgan fingerprint density at radius 2 is 0.734 bits per heavy atom. The highest BCUT2D eigenvalue weighted by atomic mass is 15.1. The molecular weight excluding hydrogens is 777 g/mol. The summed E-state index contributed by atoms with van der Waals surface area (Å²) in [4.78, 5) is 2.35. The Morgan fingerprint density at radius 3 is 1.36 bits per heavy atom. The predicted molar refractivity (Wildman–Crippen MR) is 270 cm³/mol. The molecule has 0 saturated heterocycles. The van der Waals surface area contributed by atoms with E-state index in [1.165, 1.54) is 54.7 Å². The van der Waals surface area contributed by atoms with Crippen LogP contribution in [0.5, 0.6) is 0 Å². The summed E-state index contributed by atoms with van der Waals surface area (Å²) in [6.07, 6.45) is 0. The summed E-state index contributed by atoms with van der Waals surface area (Å²) in [5, 5.41) is 8.69. The number of para-hydroxylation sites is 6. The number of rotatable bonds is 9. The van der Waals surface area contributed by atoms with E-state index >= 15 is 0 Å². The number of benzene rings is 10. The van der Waals surface area contributed by atoms with Crippen LogP contribution in [0, 0.1) is 0 Å². The van der Waals surface area contributed by atoms with Gasteiger partial charge in [0.25, 0.3) is 0 Å². The zero-order chi connectivity index (χ0) is 42.4. The van der Waals surface area contributed by atoms with Crippen LogP contribution in [0.4, 0.5) is 28.4 Å². The van der Waals surface area contributed by atoms with Gasteiger partial charge in [0.2, 0.25) is 0 Å². The van der Waals surface area contributed by atoms with E-state index < -0.39 is 0 Å². The van der Waals surface area contributed by atoms with Crippen molar-refractivity contribution >= 4 is 72.0 Å². The van der Waals surface area contributed by atoms with Crippen LogP contribution in [0.3, 0.4) is 0 Å². The second-order valence-electron chi connectivity index (χ2n) is 16.3. The van der Waals surface area contributed by atoms with Crippen molar-refractivity contribution in [2.24, 2.45) is 0 Å². The molecule has 0 amide bonds. The molecule has 0 aliphatic carbocycles. The molecule has 10 aromatic carbocycles. The van der Waals surface area contributed by atoms with Gasteiger partial charge >= 0.3 is 0 Å². The maximum atomic E-state index is 3.78. The fourth-order valence-electron chi connectivity index (χ4n) is 9.53. The lowest BCUT2D eigenvalue weighted by Crippen LogP contribution is -2.09. The lowest BCUT2D eigenvalue weighted by molar-refractivity contribution is 1.18. The van der Waals surface area contributed by atoms with Gasteiger partial charge in [-0.05, 0) is 120 Å². The van der Waals surface area contributed by atoms with Gasteiger partial charge in [-0.15, -0.1) is 0 Å². The van der Waals surface area contributed by atoms with Crippen molar-refractivity contribution < 1.29 is 0 Å². The van der Waals surface area contributed by atoms with E-state index in [0.29, 0.717) is 0 Å². The molecule has 2 heterocycles. The molecule has 12 rings (SSSR count). The molecule has 0 unspecified atom stereocenters. The van der Waals surface area contributed by atoms with Crippen molar-refractivity contribution in [3.05, 3.63) is 249 Å². The van der Waals surface area contributed by atoms with E-state index in [9.17, 15) is 0 Å². The van der Waals surface area contributed by atoms with E-state index in [0.717, 1.165) is 50.9 Å². The highest BCUT2D eigenvalue weighted by Gasteiger charge is 2.18. The van der Waals surface area contributed by atoms with E-state index in [1.54, 1.807) is 0 Å². The van der Waals surface area contributed by atoms with Crippen molar-refractivity contribution in [1.82, 2.24) is 9.13 Å². The Morgan fingerprint density at radius 1 is 0.297 bits per heavy atom. The van der Waals surface area contributed by atoms with Crippen molar-refractivity contribution in [3.8, 4) is 33.6 Å². The lowest BCUT2D eigenvalue weighted by atomic mass is 9.98. The summed E-state index contributed by atoms with van der Waals surface area (Å²) in [5.74, 6) is 0. The molecule has 0 bridgehead atoms. The second-order valence-corrected chi connectivity index (χ2v) is 16.3. The van der Waals surface area contributed by atoms with Crippen LogP contribution in [0.2, 0.25) is 0 Å². The smallest absolute Gasteiger partial charge is 0.0542 e. The number of nitrogens with zero attached hydrogens (tertiary/aromatic N) is 3. The summed E-state index contributed by atoms with van der Waals surface area (Å²) in [6.45, 7) is 0. The van der Waals surface area contributed by atoms with Crippen LogP contribution in [0.15, 0.2) is 249 Å². The van der Waals surface area contributed by atoms with Crippen LogP contribution in [-0.2, 0) is 0 Å². The van der Waals surface area contributed by atoms with Gasteiger partial charge in [0, 0.05) is 66.9 Å². The zero-order valence-corrected chi connectivity index (χ0v) is 35.0. The zero-order valence-electron chi connectivity index (χ0n) is 35.0. The minimum atomic E-state index is 1.05. The first-order valence-corrected chi connectivity index (χ1v) is 21.8. The van der Waals surface area contributed by atoms with Gasteiger partial charge in [-0.3, -0.25) is 0 Å². The first-order valence-electron chi connectivity index (χ1n) is 21.8. The number of fused-ring (bicyclic) bond motifs is 6. The number of hydrogen-bond donors (Lipinski definition) is 1. The molecule has 0 saturated carbocycles. The first-order chi connectivity index (χ1) is 31.7. The third-order valence-corrected chi connectivity index (χ3v) is 12.5. The van der Waals surface area contributed by atoms with Gasteiger partial charge in [-0.1, -0.05) is 146 Å². The number of anilines is 5. The second kappa shape index (κ2) is 15.7. The van der Waals surface area contributed by atoms with Crippen LogP contribution in [0.25, 0.3) is 77.2 Å². The average Bonchev–Trinajstić information content (AvgIpc) is 3.88. The molecule has 4 nitrogen and oxygen atoms in total. The van der Waals surface area contributed by atoms with E-state index in [4.69, 9.17) is 0 Å². The summed E-state index contributed by atoms with van der Waals surface area (Å²) < 4.78 is 4.72. The minimum absolute atomic E-state index is 1.05. The molecule has 302 valence electrons. The van der Waals surface area contributed by atoms with Gasteiger partial charge < -0.3 is 19.4 Å². The van der Waals surface area contributed by atoms with Crippen molar-refractivity contribution in [3.63, 3.8) is 0 Å². The summed E-state index contributed by atoms with van der Waals surface area (Å²) in [7, 11) is 0. The highest BCUT2D eigenvalue weighted by Crippen LogP contribution is 2.41. The van der Waals surface area contributed by atoms with Crippen LogP contribution >= 0.6 is 0 Å². The maximum absolute atomic E-state index is 3.78. The number of nitrogens with one attached hydrogen (secondary N) is 1. The molecule has 64 heavy (non-hydrogen) atoms. The number of aromatic nitrogens is 2. The third-order valence-electron chi connectivity index (χ3n) is 12.5. The Bertz CT molecular complexity index is 3610. The Hall–Kier alpha value is -8.60. The summed E-state index contributed by atoms with van der Waals surface area (Å²) in [5.41, 5.74) is 17.2. The van der Waals surface area contributed by atoms with E-state index in [2.05, 4.69) is 268 Å². The average molecular weight is 819 g/mol. The molecule has 1 N–H and O–H groups in total. The molecule has 4 heteroatoms. The minimum Gasteiger partial charge on any atom is -0.355 e. The van der Waals surface area contributed by atoms with Crippen LogP contribution < -0.4 is 10.2 Å². The molecule has 0 atom stereocenters. The summed E-state index contributed by atoms with van der Waals surface area (Å²) >= 11 is 0. The van der Waals surface area contributed by atoms with Crippen LogP contribution in [0.1, 0.15) is 0 Å². The van der Waals surface area contributed by atoms with Gasteiger partial charge in [0.05, 0.1) is 22.1 Å². The normalized spacial score (nSPS) is 11.4. The molecule has 0 aliphatic rings. The lowest BCUT2D eigenvalue weighted by Gasteiger charge is -2.26. The van der Waals surface area contributed by atoms with Gasteiger partial charge in [-0.2, -0.15) is 0 Å². The van der Waals surface area contributed by atoms with Gasteiger partial charge in [0.1, 0.15) is 0 Å². The van der Waals surface area contributed by atoms with Gasteiger partial charge in [-0.25, -0.2) is 0 Å². The fraction of sp³-hybridized carbons (Fsp3) is 0. The fourth-order valence-corrected chi connectivity index (χ4v) is 9.53. The third kappa shape index (κ3) is 6.48. The Balaban J connectivity index is 0.846. The molecule has 12 aromatic rings. The Kier molecular flexibility index (Phi) is 9.12. The summed E-state index contributed by atoms with van der Waals surface area (Å²) in [6, 6.07) is 89.2. The standard InChI is InChI=1S/C60H42N4/c1-4-16-46(17-5-1)62(50-37-39-60-55(41-50)53-24-12-15-27-58(53)64(60)48-20-8-3-9-21-48)49-35-32-43(33-36-49)42-28-30-44(31-29-42)51-22-10-13-25-56(51)61-45-34-38-59-54(40-45)52-23-11-14-26-57(52)63(59)47-18-6-2-7-19-47/h1-41,61H. The molecule has 0 aliphatic heterocycles. The molecule has 0 spiro atoms. The quantitative estimate of drug-likeness (QED) is 0.157. The topological polar surface area (TPSA) is 25.1 Å². The first kappa shape index (κ1) is 37.2. The van der Waals surface area contributed by atoms with E-state index in [-0.39, 0.29) is 0 Å². The van der Waals surface area contributed by atoms with E-state index in [1.807, 2.05) is 0 Å². The van der Waals surface area contributed by atoms with Crippen molar-refractivity contribution in [2.75, 3.05) is 10.2 Å². The number of hydrogen-bond acceptors (Lipinski definition) is 2.